The largest absolute Gasteiger partial charge is 0.494 e. The molecule has 0 spiro atoms. The minimum atomic E-state index is -1.13. The zero-order chi connectivity index (χ0) is 18.3. The monoisotopic (exact) mass is 380 g/mol. The number of fused-ring (bicyclic) bond motifs is 5. The van der Waals surface area contributed by atoms with Crippen LogP contribution in [0.4, 0.5) is 0 Å². The normalized spacial score (nSPS) is 29.7. The Bertz CT molecular complexity index is 980. The number of aliphatic hydroxyl groups excluding tert-OH is 1. The Kier molecular flexibility index (Phi) is 3.20. The number of aliphatic hydroxyl groups is 1. The third kappa shape index (κ3) is 1.81. The molecule has 1 saturated heterocycles. The highest BCUT2D eigenvalue weighted by Crippen LogP contribution is 2.64. The second kappa shape index (κ2) is 4.83. The number of hydrogen-bond acceptors (Lipinski definition) is 5. The van der Waals surface area contributed by atoms with Gasteiger partial charge in [-0.25, -0.2) is 4.57 Å². The van der Waals surface area contributed by atoms with Crippen LogP contribution in [0.3, 0.4) is 0 Å². The second-order valence-corrected chi connectivity index (χ2v) is 7.52. The van der Waals surface area contributed by atoms with Crippen molar-refractivity contribution in [2.24, 2.45) is 0 Å². The lowest BCUT2D eigenvalue weighted by Gasteiger charge is -2.25. The summed E-state index contributed by atoms with van der Waals surface area (Å²) in [4.78, 5) is 0. The Morgan fingerprint density at radius 2 is 1.84 bits per heavy atom. The first-order valence-corrected chi connectivity index (χ1v) is 8.35. The maximum absolute atomic E-state index is 10.8. The Balaban J connectivity index is 2.02. The van der Waals surface area contributed by atoms with Crippen LogP contribution in [-0.2, 0) is 15.9 Å². The zero-order valence-corrected chi connectivity index (χ0v) is 14.9. The van der Waals surface area contributed by atoms with Gasteiger partial charge in [0.05, 0.1) is 44.1 Å². The van der Waals surface area contributed by atoms with Crippen LogP contribution in [0.5, 0.6) is 11.8 Å². The molecule has 2 aliphatic rings. The number of aromatic nitrogens is 1. The summed E-state index contributed by atoms with van der Waals surface area (Å²) in [7, 11) is 0. The Morgan fingerprint density at radius 1 is 1.20 bits per heavy atom. The van der Waals surface area contributed by atoms with Crippen LogP contribution in [0.25, 0.3) is 5.69 Å². The molecular weight excluding hydrogens is 367 g/mol. The zero-order valence-electron chi connectivity index (χ0n) is 13.3. The van der Waals surface area contributed by atoms with Gasteiger partial charge in [0.15, 0.2) is 0 Å². The lowest BCUT2D eigenvalue weighted by Crippen LogP contribution is -2.32. The average Bonchev–Trinajstić information content (AvgIpc) is 3.05. The molecular formula is C17H14Cl2N2O4. The van der Waals surface area contributed by atoms with E-state index in [1.54, 1.807) is 13.8 Å². The van der Waals surface area contributed by atoms with E-state index in [4.69, 9.17) is 33.2 Å². The molecule has 1 aromatic carbocycles. The highest BCUT2D eigenvalue weighted by Gasteiger charge is 2.64. The SMILES string of the molecule is C[C@]12C[C@H](O)[C@](C)(O1)c1c2c(O)n(-c2ccc(C#N)c(Cl)c2Cl)c1O. The summed E-state index contributed by atoms with van der Waals surface area (Å²) in [5.74, 6) is -0.506. The van der Waals surface area contributed by atoms with Crippen molar-refractivity contribution >= 4 is 23.2 Å². The number of rotatable bonds is 1. The van der Waals surface area contributed by atoms with Crippen molar-refractivity contribution in [3.63, 3.8) is 0 Å². The van der Waals surface area contributed by atoms with E-state index in [2.05, 4.69) is 0 Å². The first kappa shape index (κ1) is 16.6. The molecule has 0 unspecified atom stereocenters. The van der Waals surface area contributed by atoms with E-state index in [9.17, 15) is 15.3 Å². The van der Waals surface area contributed by atoms with Crippen LogP contribution in [0.1, 0.15) is 37.0 Å². The highest BCUT2D eigenvalue weighted by molar-refractivity contribution is 6.43. The Morgan fingerprint density at radius 3 is 2.48 bits per heavy atom. The molecule has 8 heteroatoms. The first-order valence-electron chi connectivity index (χ1n) is 7.60. The maximum Gasteiger partial charge on any atom is 0.205 e. The summed E-state index contributed by atoms with van der Waals surface area (Å²) in [6, 6.07) is 4.87. The molecule has 6 nitrogen and oxygen atoms in total. The summed E-state index contributed by atoms with van der Waals surface area (Å²) in [5, 5.41) is 41.0. The first-order chi connectivity index (χ1) is 11.7. The molecule has 3 N–H and O–H groups in total. The van der Waals surface area contributed by atoms with Crippen LogP contribution in [0.2, 0.25) is 10.0 Å². The molecule has 0 aliphatic carbocycles. The summed E-state index contributed by atoms with van der Waals surface area (Å²) in [6.07, 6.45) is -0.513. The van der Waals surface area contributed by atoms with E-state index in [1.165, 1.54) is 12.1 Å². The second-order valence-electron chi connectivity index (χ2n) is 6.76. The maximum atomic E-state index is 10.8. The fourth-order valence-corrected chi connectivity index (χ4v) is 4.51. The molecule has 0 radical (unpaired) electrons. The smallest absolute Gasteiger partial charge is 0.205 e. The summed E-state index contributed by atoms with van der Waals surface area (Å²) in [5.41, 5.74) is -0.862. The average molecular weight is 381 g/mol. The lowest BCUT2D eigenvalue weighted by atomic mass is 9.78. The van der Waals surface area contributed by atoms with Gasteiger partial charge in [0.1, 0.15) is 11.7 Å². The van der Waals surface area contributed by atoms with Crippen LogP contribution >= 0.6 is 23.2 Å². The number of benzene rings is 1. The van der Waals surface area contributed by atoms with Gasteiger partial charge in [-0.3, -0.25) is 0 Å². The quantitative estimate of drug-likeness (QED) is 0.704. The molecule has 2 aliphatic heterocycles. The lowest BCUT2D eigenvalue weighted by molar-refractivity contribution is -0.0936. The highest BCUT2D eigenvalue weighted by atomic mass is 35.5. The van der Waals surface area contributed by atoms with Crippen molar-refractivity contribution < 1.29 is 20.1 Å². The topological polar surface area (TPSA) is 98.6 Å². The Labute approximate surface area is 153 Å². The minimum Gasteiger partial charge on any atom is -0.494 e. The number of nitrogens with zero attached hydrogens (tertiary/aromatic N) is 2. The van der Waals surface area contributed by atoms with Gasteiger partial charge in [-0.15, -0.1) is 0 Å². The van der Waals surface area contributed by atoms with Gasteiger partial charge in [0.25, 0.3) is 0 Å². The summed E-state index contributed by atoms with van der Waals surface area (Å²) in [6.45, 7) is 3.43. The van der Waals surface area contributed by atoms with Crippen LogP contribution in [-0.4, -0.2) is 26.0 Å². The number of nitriles is 1. The standard InChI is InChI=1S/C17H14Cl2N2O4/c1-16-5-9(22)17(2,25-16)11-10(16)14(23)21(15(11)24)8-4-3-7(6-20)12(18)13(8)19/h3-4,9,22-24H,5H2,1-2H3/t9-,16+,17-/m0/s1. The van der Waals surface area contributed by atoms with Crippen LogP contribution in [0, 0.1) is 11.3 Å². The van der Waals surface area contributed by atoms with Crippen LogP contribution < -0.4 is 0 Å². The number of hydrogen-bond donors (Lipinski definition) is 3. The van der Waals surface area contributed by atoms with Gasteiger partial charge in [-0.2, -0.15) is 5.26 Å². The fraction of sp³-hybridized carbons (Fsp3) is 0.353. The van der Waals surface area contributed by atoms with Gasteiger partial charge in [-0.05, 0) is 26.0 Å². The van der Waals surface area contributed by atoms with E-state index in [-0.39, 0.29) is 33.1 Å². The van der Waals surface area contributed by atoms with E-state index in [0.29, 0.717) is 17.5 Å². The minimum absolute atomic E-state index is 0.0316. The van der Waals surface area contributed by atoms with Gasteiger partial charge < -0.3 is 20.1 Å². The van der Waals surface area contributed by atoms with Gasteiger partial charge in [-0.1, -0.05) is 23.2 Å². The predicted octanol–water partition coefficient (Wildman–Crippen LogP) is 3.29. The third-order valence-electron chi connectivity index (χ3n) is 5.23. The molecule has 4 rings (SSSR count). The molecule has 25 heavy (non-hydrogen) atoms. The molecule has 3 atom stereocenters. The van der Waals surface area contributed by atoms with Crippen LogP contribution in [0.15, 0.2) is 12.1 Å². The van der Waals surface area contributed by atoms with Crippen molar-refractivity contribution in [1.82, 2.24) is 4.57 Å². The molecule has 1 fully saturated rings. The number of ether oxygens (including phenoxy) is 1. The van der Waals surface area contributed by atoms with E-state index in [0.717, 1.165) is 4.57 Å². The molecule has 0 amide bonds. The molecule has 0 saturated carbocycles. The molecule has 2 bridgehead atoms. The van der Waals surface area contributed by atoms with Crippen molar-refractivity contribution in [2.75, 3.05) is 0 Å². The van der Waals surface area contributed by atoms with Gasteiger partial charge in [0.2, 0.25) is 11.8 Å². The van der Waals surface area contributed by atoms with E-state index in [1.807, 2.05) is 6.07 Å². The molecule has 130 valence electrons. The Hall–Kier alpha value is -1.91. The van der Waals surface area contributed by atoms with Crippen molar-refractivity contribution in [3.8, 4) is 23.5 Å². The predicted molar refractivity (Wildman–Crippen MR) is 90.2 cm³/mol. The summed E-state index contributed by atoms with van der Waals surface area (Å²) < 4.78 is 7.09. The van der Waals surface area contributed by atoms with Gasteiger partial charge in [0, 0.05) is 6.42 Å². The number of aromatic hydroxyl groups is 2. The van der Waals surface area contributed by atoms with Crippen molar-refractivity contribution in [3.05, 3.63) is 38.9 Å². The summed E-state index contributed by atoms with van der Waals surface area (Å²) >= 11 is 12.4. The fourth-order valence-electron chi connectivity index (χ4n) is 4.06. The van der Waals surface area contributed by atoms with Gasteiger partial charge >= 0.3 is 0 Å². The van der Waals surface area contributed by atoms with Crippen molar-refractivity contribution in [1.29, 1.82) is 5.26 Å². The molecule has 2 aromatic rings. The van der Waals surface area contributed by atoms with E-state index < -0.39 is 17.3 Å². The van der Waals surface area contributed by atoms with E-state index >= 15 is 0 Å². The molecule has 1 aromatic heterocycles. The molecule has 3 heterocycles. The van der Waals surface area contributed by atoms with Crippen molar-refractivity contribution in [2.45, 2.75) is 37.6 Å². The number of halogens is 2. The third-order valence-corrected chi connectivity index (χ3v) is 6.10.